The van der Waals surface area contributed by atoms with Gasteiger partial charge in [-0.1, -0.05) is 0 Å². The highest BCUT2D eigenvalue weighted by molar-refractivity contribution is 7.79. The average Bonchev–Trinajstić information content (AvgIpc) is 2.36. The van der Waals surface area contributed by atoms with Gasteiger partial charge in [-0.2, -0.15) is 25.3 Å². The third-order valence-corrected chi connectivity index (χ3v) is 3.12. The molecule has 0 saturated carbocycles. The Bertz CT molecular complexity index is 584. The Labute approximate surface area is 110 Å². The van der Waals surface area contributed by atoms with Crippen molar-refractivity contribution in [3.05, 3.63) is 35.2 Å². The van der Waals surface area contributed by atoms with E-state index in [0.717, 1.165) is 22.4 Å². The Morgan fingerprint density at radius 3 is 2.24 bits per heavy atom. The Kier molecular flexibility index (Phi) is 3.69. The number of ketones is 1. The molecule has 0 aliphatic heterocycles. The lowest BCUT2D eigenvalue weighted by Gasteiger charge is -2.06. The molecule has 2 aromatic rings. The normalized spacial score (nSPS) is 10.8. The van der Waals surface area contributed by atoms with Gasteiger partial charge in [-0.25, -0.2) is 9.97 Å². The monoisotopic (exact) mass is 264 g/mol. The van der Waals surface area contributed by atoms with Crippen LogP contribution < -0.4 is 0 Å². The second-order valence-electron chi connectivity index (χ2n) is 3.69. The topological polar surface area (TPSA) is 42.9 Å². The van der Waals surface area contributed by atoms with E-state index in [1.807, 2.05) is 6.07 Å². The molecule has 3 nitrogen and oxygen atoms in total. The zero-order valence-corrected chi connectivity index (χ0v) is 11.1. The Hall–Kier alpha value is -1.07. The summed E-state index contributed by atoms with van der Waals surface area (Å²) < 4.78 is 0. The first-order valence-electron chi connectivity index (χ1n) is 5.18. The standard InChI is InChI=1S/C12H12N2OS2/c1-7(15)8-2-3-9-10(4-8)14-12(6-17)11(5-16)13-9/h2-4,16-17H,5-6H2,1H3. The predicted molar refractivity (Wildman–Crippen MR) is 74.9 cm³/mol. The smallest absolute Gasteiger partial charge is 0.159 e. The van der Waals surface area contributed by atoms with Crippen LogP contribution in [0, 0.1) is 0 Å². The molecular formula is C12H12N2OS2. The van der Waals surface area contributed by atoms with Crippen LogP contribution in [0.3, 0.4) is 0 Å². The van der Waals surface area contributed by atoms with Crippen LogP contribution in [0.5, 0.6) is 0 Å². The molecule has 1 heterocycles. The molecule has 88 valence electrons. The Balaban J connectivity index is 2.66. The van der Waals surface area contributed by atoms with Crippen LogP contribution >= 0.6 is 25.3 Å². The number of fused-ring (bicyclic) bond motifs is 1. The zero-order chi connectivity index (χ0) is 12.4. The first kappa shape index (κ1) is 12.4. The molecule has 0 fully saturated rings. The van der Waals surface area contributed by atoms with Crippen molar-refractivity contribution < 1.29 is 4.79 Å². The summed E-state index contributed by atoms with van der Waals surface area (Å²) in [5.74, 6) is 1.08. The molecular weight excluding hydrogens is 252 g/mol. The first-order valence-corrected chi connectivity index (χ1v) is 6.44. The summed E-state index contributed by atoms with van der Waals surface area (Å²) in [6, 6.07) is 5.34. The number of hydrogen-bond donors (Lipinski definition) is 2. The Morgan fingerprint density at radius 1 is 1.12 bits per heavy atom. The summed E-state index contributed by atoms with van der Waals surface area (Å²) in [6.07, 6.45) is 0. The lowest BCUT2D eigenvalue weighted by atomic mass is 10.1. The second-order valence-corrected chi connectivity index (χ2v) is 4.33. The maximum atomic E-state index is 11.3. The van der Waals surface area contributed by atoms with Gasteiger partial charge in [-0.05, 0) is 25.1 Å². The fourth-order valence-corrected chi connectivity index (χ4v) is 2.11. The molecule has 0 aliphatic rings. The molecule has 2 rings (SSSR count). The molecule has 0 radical (unpaired) electrons. The molecule has 5 heteroatoms. The lowest BCUT2D eigenvalue weighted by Crippen LogP contribution is -2.00. The van der Waals surface area contributed by atoms with Crippen LogP contribution in [0.1, 0.15) is 28.7 Å². The van der Waals surface area contributed by atoms with Gasteiger partial charge in [0.15, 0.2) is 5.78 Å². The van der Waals surface area contributed by atoms with Crippen LogP contribution in [0.4, 0.5) is 0 Å². The number of thiol groups is 2. The number of rotatable bonds is 3. The quantitative estimate of drug-likeness (QED) is 0.661. The van der Waals surface area contributed by atoms with Gasteiger partial charge in [-0.15, -0.1) is 0 Å². The van der Waals surface area contributed by atoms with Crippen LogP contribution in [0.25, 0.3) is 11.0 Å². The van der Waals surface area contributed by atoms with Crippen molar-refractivity contribution in [2.75, 3.05) is 0 Å². The molecule has 1 aromatic carbocycles. The van der Waals surface area contributed by atoms with E-state index in [1.54, 1.807) is 12.1 Å². The first-order chi connectivity index (χ1) is 8.15. The summed E-state index contributed by atoms with van der Waals surface area (Å²) in [4.78, 5) is 20.2. The van der Waals surface area contributed by atoms with Gasteiger partial charge >= 0.3 is 0 Å². The van der Waals surface area contributed by atoms with Crippen LogP contribution in [0.15, 0.2) is 18.2 Å². The lowest BCUT2D eigenvalue weighted by molar-refractivity contribution is 0.101. The Morgan fingerprint density at radius 2 is 1.71 bits per heavy atom. The van der Waals surface area contributed by atoms with E-state index >= 15 is 0 Å². The van der Waals surface area contributed by atoms with Crippen molar-refractivity contribution in [3.63, 3.8) is 0 Å². The van der Waals surface area contributed by atoms with E-state index < -0.39 is 0 Å². The fourth-order valence-electron chi connectivity index (χ4n) is 1.60. The number of aromatic nitrogens is 2. The van der Waals surface area contributed by atoms with E-state index in [-0.39, 0.29) is 5.78 Å². The molecule has 0 amide bonds. The van der Waals surface area contributed by atoms with Gasteiger partial charge in [0.05, 0.1) is 22.4 Å². The second kappa shape index (κ2) is 5.06. The molecule has 17 heavy (non-hydrogen) atoms. The minimum atomic E-state index is 0.0272. The van der Waals surface area contributed by atoms with Gasteiger partial charge in [0.25, 0.3) is 0 Å². The van der Waals surface area contributed by atoms with Gasteiger partial charge in [-0.3, -0.25) is 4.79 Å². The van der Waals surface area contributed by atoms with Crippen LogP contribution in [-0.2, 0) is 11.5 Å². The maximum Gasteiger partial charge on any atom is 0.159 e. The van der Waals surface area contributed by atoms with Crippen molar-refractivity contribution >= 4 is 42.1 Å². The summed E-state index contributed by atoms with van der Waals surface area (Å²) in [6.45, 7) is 1.54. The number of carbonyl (C=O) groups is 1. The fraction of sp³-hybridized carbons (Fsp3) is 0.250. The number of hydrogen-bond acceptors (Lipinski definition) is 5. The molecule has 0 atom stereocenters. The molecule has 0 spiro atoms. The van der Waals surface area contributed by atoms with E-state index in [4.69, 9.17) is 0 Å². The van der Waals surface area contributed by atoms with Gasteiger partial charge in [0, 0.05) is 17.1 Å². The largest absolute Gasteiger partial charge is 0.295 e. The maximum absolute atomic E-state index is 11.3. The molecule has 0 unspecified atom stereocenters. The summed E-state index contributed by atoms with van der Waals surface area (Å²) >= 11 is 8.44. The highest BCUT2D eigenvalue weighted by Gasteiger charge is 2.08. The van der Waals surface area contributed by atoms with Crippen molar-refractivity contribution in [3.8, 4) is 0 Å². The van der Waals surface area contributed by atoms with E-state index in [0.29, 0.717) is 17.1 Å². The van der Waals surface area contributed by atoms with E-state index in [2.05, 4.69) is 35.2 Å². The number of benzene rings is 1. The minimum absolute atomic E-state index is 0.0272. The molecule has 1 aromatic heterocycles. The van der Waals surface area contributed by atoms with Gasteiger partial charge < -0.3 is 0 Å². The van der Waals surface area contributed by atoms with E-state index in [1.165, 1.54) is 6.92 Å². The SMILES string of the molecule is CC(=O)c1ccc2nc(CS)c(CS)nc2c1. The molecule has 0 N–H and O–H groups in total. The number of nitrogens with zero attached hydrogens (tertiary/aromatic N) is 2. The van der Waals surface area contributed by atoms with Gasteiger partial charge in [0.1, 0.15) is 0 Å². The van der Waals surface area contributed by atoms with Gasteiger partial charge in [0.2, 0.25) is 0 Å². The average molecular weight is 264 g/mol. The van der Waals surface area contributed by atoms with Crippen molar-refractivity contribution in [1.29, 1.82) is 0 Å². The highest BCUT2D eigenvalue weighted by Crippen LogP contribution is 2.17. The molecule has 0 aliphatic carbocycles. The number of Topliss-reactive ketones (excluding diaryl/α,β-unsaturated/α-hetero) is 1. The molecule has 0 bridgehead atoms. The summed E-state index contributed by atoms with van der Waals surface area (Å²) in [5, 5.41) is 0. The van der Waals surface area contributed by atoms with E-state index in [9.17, 15) is 4.79 Å². The highest BCUT2D eigenvalue weighted by atomic mass is 32.1. The molecule has 0 saturated heterocycles. The van der Waals surface area contributed by atoms with Crippen molar-refractivity contribution in [1.82, 2.24) is 9.97 Å². The third kappa shape index (κ3) is 2.45. The van der Waals surface area contributed by atoms with Crippen molar-refractivity contribution in [2.24, 2.45) is 0 Å². The number of carbonyl (C=O) groups excluding carboxylic acids is 1. The zero-order valence-electron chi connectivity index (χ0n) is 9.34. The third-order valence-electron chi connectivity index (χ3n) is 2.53. The van der Waals surface area contributed by atoms with Crippen LogP contribution in [0.2, 0.25) is 0 Å². The summed E-state index contributed by atoms with van der Waals surface area (Å²) in [5.41, 5.74) is 3.82. The van der Waals surface area contributed by atoms with Crippen molar-refractivity contribution in [2.45, 2.75) is 18.4 Å². The predicted octanol–water partition coefficient (Wildman–Crippen LogP) is 2.69. The summed E-state index contributed by atoms with van der Waals surface area (Å²) in [7, 11) is 0. The van der Waals surface area contributed by atoms with Crippen LogP contribution in [-0.4, -0.2) is 15.8 Å². The minimum Gasteiger partial charge on any atom is -0.295 e.